The summed E-state index contributed by atoms with van der Waals surface area (Å²) in [6.45, 7) is 2.85. The Labute approximate surface area is 132 Å². The third kappa shape index (κ3) is 3.88. The van der Waals surface area contributed by atoms with Crippen molar-refractivity contribution < 1.29 is 0 Å². The fourth-order valence-electron chi connectivity index (χ4n) is 1.50. The van der Waals surface area contributed by atoms with E-state index >= 15 is 0 Å². The molecule has 0 radical (unpaired) electrons. The first-order valence-electron chi connectivity index (χ1n) is 6.08. The fourth-order valence-corrected chi connectivity index (χ4v) is 1.97. The molecule has 0 atom stereocenters. The third-order valence-corrected chi connectivity index (χ3v) is 3.30. The number of nitrogens with zero attached hydrogens (tertiary/aromatic N) is 2. The number of nitrogens with one attached hydrogen (secondary N) is 2. The van der Waals surface area contributed by atoms with Gasteiger partial charge in [0.15, 0.2) is 5.82 Å². The summed E-state index contributed by atoms with van der Waals surface area (Å²) >= 11 is 18.1. The van der Waals surface area contributed by atoms with Crippen LogP contribution in [0.5, 0.6) is 0 Å². The minimum atomic E-state index is 0.406. The highest BCUT2D eigenvalue weighted by Gasteiger charge is 2.08. The Hall–Kier alpha value is -1.23. The molecule has 0 spiro atoms. The summed E-state index contributed by atoms with van der Waals surface area (Å²) in [5.41, 5.74) is 0.640. The van der Waals surface area contributed by atoms with Gasteiger partial charge in [-0.3, -0.25) is 0 Å². The Balaban J connectivity index is 2.25. The first kappa shape index (κ1) is 15.2. The standard InChI is InChI=1S/C13H13Cl3N4/c1-2-5-17-13-18-7-10(16)12(20-13)19-11-6-8(14)3-4-9(11)15/h3-4,6-7H,2,5H2,1H3,(H2,17,18,19,20). The van der Waals surface area contributed by atoms with Crippen LogP contribution in [0.25, 0.3) is 0 Å². The predicted molar refractivity (Wildman–Crippen MR) is 85.6 cm³/mol. The molecule has 2 aromatic rings. The maximum atomic E-state index is 6.10. The molecule has 7 heteroatoms. The normalized spacial score (nSPS) is 10.4. The largest absolute Gasteiger partial charge is 0.354 e. The van der Waals surface area contributed by atoms with E-state index in [1.807, 2.05) is 0 Å². The predicted octanol–water partition coefficient (Wildman–Crippen LogP) is 5.00. The number of anilines is 3. The fraction of sp³-hybridized carbons (Fsp3) is 0.231. The minimum Gasteiger partial charge on any atom is -0.354 e. The zero-order valence-electron chi connectivity index (χ0n) is 10.8. The van der Waals surface area contributed by atoms with E-state index < -0.39 is 0 Å². The van der Waals surface area contributed by atoms with E-state index in [9.17, 15) is 0 Å². The molecule has 0 saturated heterocycles. The van der Waals surface area contributed by atoms with E-state index in [1.165, 1.54) is 6.20 Å². The van der Waals surface area contributed by atoms with E-state index in [1.54, 1.807) is 18.2 Å². The van der Waals surface area contributed by atoms with Gasteiger partial charge in [0.25, 0.3) is 0 Å². The van der Waals surface area contributed by atoms with E-state index in [4.69, 9.17) is 34.8 Å². The Morgan fingerprint density at radius 2 is 1.95 bits per heavy atom. The lowest BCUT2D eigenvalue weighted by atomic mass is 10.3. The van der Waals surface area contributed by atoms with Crippen LogP contribution in [0.3, 0.4) is 0 Å². The van der Waals surface area contributed by atoms with Crippen molar-refractivity contribution in [2.75, 3.05) is 17.2 Å². The van der Waals surface area contributed by atoms with Gasteiger partial charge in [-0.15, -0.1) is 0 Å². The van der Waals surface area contributed by atoms with Crippen molar-refractivity contribution in [2.24, 2.45) is 0 Å². The van der Waals surface area contributed by atoms with Gasteiger partial charge in [0.05, 0.1) is 16.9 Å². The second kappa shape index (κ2) is 6.97. The number of hydrogen-bond donors (Lipinski definition) is 2. The monoisotopic (exact) mass is 330 g/mol. The van der Waals surface area contributed by atoms with Gasteiger partial charge >= 0.3 is 0 Å². The highest BCUT2D eigenvalue weighted by molar-refractivity contribution is 6.36. The zero-order valence-corrected chi connectivity index (χ0v) is 13.0. The molecule has 0 aliphatic heterocycles. The van der Waals surface area contributed by atoms with E-state index in [-0.39, 0.29) is 0 Å². The van der Waals surface area contributed by atoms with Crippen LogP contribution >= 0.6 is 34.8 Å². The first-order valence-corrected chi connectivity index (χ1v) is 7.22. The molecule has 2 N–H and O–H groups in total. The molecule has 4 nitrogen and oxygen atoms in total. The SMILES string of the molecule is CCCNc1ncc(Cl)c(Nc2cc(Cl)ccc2Cl)n1. The Morgan fingerprint density at radius 1 is 1.15 bits per heavy atom. The van der Waals surface area contributed by atoms with Crippen molar-refractivity contribution in [3.05, 3.63) is 39.5 Å². The highest BCUT2D eigenvalue weighted by Crippen LogP contribution is 2.30. The molecule has 0 unspecified atom stereocenters. The van der Waals surface area contributed by atoms with Crippen LogP contribution in [0.2, 0.25) is 15.1 Å². The summed E-state index contributed by atoms with van der Waals surface area (Å²) in [4.78, 5) is 8.41. The summed E-state index contributed by atoms with van der Waals surface area (Å²) in [5, 5.41) is 7.67. The van der Waals surface area contributed by atoms with Gasteiger partial charge < -0.3 is 10.6 Å². The number of hydrogen-bond acceptors (Lipinski definition) is 4. The lowest BCUT2D eigenvalue weighted by molar-refractivity contribution is 0.953. The van der Waals surface area contributed by atoms with Gasteiger partial charge in [0.1, 0.15) is 5.02 Å². The summed E-state index contributed by atoms with van der Waals surface area (Å²) in [6, 6.07) is 5.13. The molecule has 0 saturated carbocycles. The van der Waals surface area contributed by atoms with Crippen LogP contribution in [-0.4, -0.2) is 16.5 Å². The lowest BCUT2D eigenvalue weighted by Crippen LogP contribution is -2.06. The molecule has 2 rings (SSSR count). The van der Waals surface area contributed by atoms with Crippen molar-refractivity contribution >= 4 is 52.3 Å². The quantitative estimate of drug-likeness (QED) is 0.809. The summed E-state index contributed by atoms with van der Waals surface area (Å²) in [6.07, 6.45) is 2.52. The molecule has 0 bridgehead atoms. The van der Waals surface area contributed by atoms with Crippen molar-refractivity contribution in [1.82, 2.24) is 9.97 Å². The van der Waals surface area contributed by atoms with Gasteiger partial charge in [0, 0.05) is 11.6 Å². The highest BCUT2D eigenvalue weighted by atomic mass is 35.5. The molecule has 1 aromatic heterocycles. The smallest absolute Gasteiger partial charge is 0.224 e. The number of halogens is 3. The van der Waals surface area contributed by atoms with E-state index in [0.29, 0.717) is 32.5 Å². The maximum absolute atomic E-state index is 6.10. The van der Waals surface area contributed by atoms with Crippen LogP contribution in [0.4, 0.5) is 17.5 Å². The molecular formula is C13H13Cl3N4. The molecule has 1 heterocycles. The Morgan fingerprint density at radius 3 is 2.70 bits per heavy atom. The average molecular weight is 332 g/mol. The van der Waals surface area contributed by atoms with Crippen molar-refractivity contribution in [1.29, 1.82) is 0 Å². The Kier molecular flexibility index (Phi) is 5.29. The van der Waals surface area contributed by atoms with Crippen LogP contribution in [0, 0.1) is 0 Å². The number of rotatable bonds is 5. The van der Waals surface area contributed by atoms with Crippen LogP contribution in [-0.2, 0) is 0 Å². The Bertz CT molecular complexity index is 604. The average Bonchev–Trinajstić information content (AvgIpc) is 2.43. The molecule has 0 fully saturated rings. The van der Waals surface area contributed by atoms with Crippen LogP contribution in [0.15, 0.2) is 24.4 Å². The van der Waals surface area contributed by atoms with Crippen LogP contribution in [0.1, 0.15) is 13.3 Å². The van der Waals surface area contributed by atoms with Gasteiger partial charge in [-0.2, -0.15) is 4.98 Å². The van der Waals surface area contributed by atoms with Crippen molar-refractivity contribution in [3.8, 4) is 0 Å². The third-order valence-electron chi connectivity index (χ3n) is 2.46. The first-order chi connectivity index (χ1) is 9.60. The zero-order chi connectivity index (χ0) is 14.5. The van der Waals surface area contributed by atoms with E-state index in [2.05, 4.69) is 27.5 Å². The number of benzene rings is 1. The molecule has 0 amide bonds. The second-order valence-corrected chi connectivity index (χ2v) is 5.32. The van der Waals surface area contributed by atoms with Gasteiger partial charge in [-0.05, 0) is 24.6 Å². The molecule has 1 aromatic carbocycles. The van der Waals surface area contributed by atoms with Crippen molar-refractivity contribution in [3.63, 3.8) is 0 Å². The summed E-state index contributed by atoms with van der Waals surface area (Å²) in [7, 11) is 0. The molecule has 0 aliphatic rings. The lowest BCUT2D eigenvalue weighted by Gasteiger charge is -2.11. The molecule has 20 heavy (non-hydrogen) atoms. The molecule has 106 valence electrons. The van der Waals surface area contributed by atoms with Crippen molar-refractivity contribution in [2.45, 2.75) is 13.3 Å². The summed E-state index contributed by atoms with van der Waals surface area (Å²) < 4.78 is 0. The number of aromatic nitrogens is 2. The topological polar surface area (TPSA) is 49.8 Å². The summed E-state index contributed by atoms with van der Waals surface area (Å²) in [5.74, 6) is 0.987. The molecular weight excluding hydrogens is 319 g/mol. The van der Waals surface area contributed by atoms with Gasteiger partial charge in [0.2, 0.25) is 5.95 Å². The second-order valence-electron chi connectivity index (χ2n) is 4.07. The van der Waals surface area contributed by atoms with Crippen LogP contribution < -0.4 is 10.6 Å². The van der Waals surface area contributed by atoms with Gasteiger partial charge in [-0.1, -0.05) is 41.7 Å². The molecule has 0 aliphatic carbocycles. The van der Waals surface area contributed by atoms with E-state index in [0.717, 1.165) is 13.0 Å². The maximum Gasteiger partial charge on any atom is 0.224 e. The minimum absolute atomic E-state index is 0.406. The van der Waals surface area contributed by atoms with Gasteiger partial charge in [-0.25, -0.2) is 4.98 Å².